The van der Waals surface area contributed by atoms with Crippen LogP contribution in [0.4, 0.5) is 21.3 Å². The number of likely N-dealkylation sites (tertiary alicyclic amines) is 1. The molecule has 8 nitrogen and oxygen atoms in total. The molecule has 0 bridgehead atoms. The Morgan fingerprint density at radius 1 is 0.943 bits per heavy atom. The number of nitrogens with zero attached hydrogens (tertiary/aromatic N) is 3. The quantitative estimate of drug-likeness (QED) is 0.548. The van der Waals surface area contributed by atoms with Crippen LogP contribution in [0.3, 0.4) is 0 Å². The Labute approximate surface area is 208 Å². The summed E-state index contributed by atoms with van der Waals surface area (Å²) >= 11 is 1.64. The van der Waals surface area contributed by atoms with E-state index in [1.807, 2.05) is 54.6 Å². The molecule has 3 heterocycles. The van der Waals surface area contributed by atoms with Gasteiger partial charge in [-0.2, -0.15) is 0 Å². The van der Waals surface area contributed by atoms with Crippen LogP contribution in [-0.2, 0) is 9.53 Å². The van der Waals surface area contributed by atoms with Crippen LogP contribution in [0.15, 0.2) is 60.0 Å². The maximum absolute atomic E-state index is 12.9. The smallest absolute Gasteiger partial charge is 0.321 e. The number of aromatic nitrogens is 1. The van der Waals surface area contributed by atoms with Crippen molar-refractivity contribution in [1.82, 2.24) is 9.88 Å². The second-order valence-electron chi connectivity index (χ2n) is 8.76. The average Bonchev–Trinajstić information content (AvgIpc) is 3.41. The minimum atomic E-state index is -0.237. The molecule has 2 N–H and O–H groups in total. The Balaban J connectivity index is 1.16. The van der Waals surface area contributed by atoms with E-state index >= 15 is 0 Å². The fourth-order valence-electron chi connectivity index (χ4n) is 4.37. The molecule has 2 saturated heterocycles. The van der Waals surface area contributed by atoms with Crippen LogP contribution in [0, 0.1) is 5.92 Å². The molecule has 182 valence electrons. The van der Waals surface area contributed by atoms with Crippen LogP contribution in [0.5, 0.6) is 0 Å². The van der Waals surface area contributed by atoms with Gasteiger partial charge in [-0.3, -0.25) is 4.79 Å². The van der Waals surface area contributed by atoms with Crippen LogP contribution < -0.4 is 15.5 Å². The van der Waals surface area contributed by atoms with Gasteiger partial charge in [-0.25, -0.2) is 9.78 Å². The van der Waals surface area contributed by atoms with Crippen molar-refractivity contribution in [3.05, 3.63) is 60.0 Å². The minimum absolute atomic E-state index is 0.0572. The highest BCUT2D eigenvalue weighted by Crippen LogP contribution is 2.29. The first-order chi connectivity index (χ1) is 17.2. The molecule has 0 aliphatic carbocycles. The van der Waals surface area contributed by atoms with E-state index in [4.69, 9.17) is 9.72 Å². The molecule has 3 aromatic rings. The second kappa shape index (κ2) is 10.9. The first-order valence-corrected chi connectivity index (χ1v) is 12.8. The van der Waals surface area contributed by atoms with E-state index in [0.717, 1.165) is 66.9 Å². The number of rotatable bonds is 5. The van der Waals surface area contributed by atoms with Crippen molar-refractivity contribution in [3.63, 3.8) is 0 Å². The minimum Gasteiger partial charge on any atom is -0.378 e. The zero-order chi connectivity index (χ0) is 24.0. The Kier molecular flexibility index (Phi) is 7.25. The number of nitrogens with one attached hydrogen (secondary N) is 2. The zero-order valence-corrected chi connectivity index (χ0v) is 20.3. The first-order valence-electron chi connectivity index (χ1n) is 12.0. The van der Waals surface area contributed by atoms with Gasteiger partial charge in [0, 0.05) is 48.5 Å². The molecule has 1 atom stereocenters. The summed E-state index contributed by atoms with van der Waals surface area (Å²) in [6.07, 6.45) is 1.57. The number of carbonyl (C=O) groups excluding carboxylic acids is 2. The Morgan fingerprint density at radius 3 is 2.46 bits per heavy atom. The summed E-state index contributed by atoms with van der Waals surface area (Å²) in [5, 5.41) is 9.00. The predicted molar refractivity (Wildman–Crippen MR) is 139 cm³/mol. The van der Waals surface area contributed by atoms with Crippen LogP contribution >= 0.6 is 11.3 Å². The van der Waals surface area contributed by atoms with Crippen molar-refractivity contribution in [2.75, 3.05) is 54.9 Å². The van der Waals surface area contributed by atoms with Crippen LogP contribution in [0.1, 0.15) is 12.8 Å². The lowest BCUT2D eigenvalue weighted by atomic mass is 9.97. The summed E-state index contributed by atoms with van der Waals surface area (Å²) in [5.41, 5.74) is 3.44. The predicted octanol–water partition coefficient (Wildman–Crippen LogP) is 4.53. The molecular weight excluding hydrogens is 462 g/mol. The van der Waals surface area contributed by atoms with Gasteiger partial charge in [-0.15, -0.1) is 11.3 Å². The van der Waals surface area contributed by atoms with Gasteiger partial charge in [0.05, 0.1) is 24.8 Å². The van der Waals surface area contributed by atoms with E-state index in [1.165, 1.54) is 0 Å². The molecule has 5 rings (SSSR count). The number of urea groups is 1. The summed E-state index contributed by atoms with van der Waals surface area (Å²) in [4.78, 5) is 34.3. The number of anilines is 3. The number of carbonyl (C=O) groups is 2. The van der Waals surface area contributed by atoms with Gasteiger partial charge in [-0.05, 0) is 37.1 Å². The van der Waals surface area contributed by atoms with Crippen molar-refractivity contribution >= 4 is 39.8 Å². The summed E-state index contributed by atoms with van der Waals surface area (Å²) in [6.45, 7) is 4.26. The van der Waals surface area contributed by atoms with Crippen molar-refractivity contribution in [2.45, 2.75) is 12.8 Å². The molecule has 9 heteroatoms. The van der Waals surface area contributed by atoms with Gasteiger partial charge in [0.25, 0.3) is 0 Å². The fourth-order valence-corrected chi connectivity index (χ4v) is 5.25. The number of hydrogen-bond donors (Lipinski definition) is 2. The number of benzene rings is 2. The third-order valence-corrected chi connectivity index (χ3v) is 7.23. The van der Waals surface area contributed by atoms with Crippen LogP contribution in [-0.4, -0.2) is 61.2 Å². The number of morpholine rings is 1. The Bertz CT molecular complexity index is 1150. The van der Waals surface area contributed by atoms with Gasteiger partial charge < -0.3 is 25.2 Å². The summed E-state index contributed by atoms with van der Waals surface area (Å²) in [7, 11) is 0. The van der Waals surface area contributed by atoms with E-state index < -0.39 is 0 Å². The van der Waals surface area contributed by atoms with Gasteiger partial charge in [0.15, 0.2) is 5.13 Å². The highest BCUT2D eigenvalue weighted by molar-refractivity contribution is 7.14. The molecule has 0 saturated carbocycles. The van der Waals surface area contributed by atoms with E-state index in [2.05, 4.69) is 20.9 Å². The van der Waals surface area contributed by atoms with Crippen molar-refractivity contribution in [1.29, 1.82) is 0 Å². The molecule has 3 amide bonds. The molecule has 1 unspecified atom stereocenters. The van der Waals surface area contributed by atoms with E-state index in [1.54, 1.807) is 16.2 Å². The highest BCUT2D eigenvalue weighted by Gasteiger charge is 2.28. The number of ether oxygens (including phenoxy) is 1. The highest BCUT2D eigenvalue weighted by atomic mass is 32.1. The molecule has 0 radical (unpaired) electrons. The molecule has 2 fully saturated rings. The fraction of sp³-hybridized carbons (Fsp3) is 0.346. The lowest BCUT2D eigenvalue weighted by Gasteiger charge is -2.32. The number of thiazole rings is 1. The van der Waals surface area contributed by atoms with Gasteiger partial charge in [0.1, 0.15) is 0 Å². The van der Waals surface area contributed by atoms with Crippen LogP contribution in [0.25, 0.3) is 11.3 Å². The van der Waals surface area contributed by atoms with E-state index in [0.29, 0.717) is 13.1 Å². The molecular formula is C26H29N5O3S. The van der Waals surface area contributed by atoms with Gasteiger partial charge >= 0.3 is 6.03 Å². The Morgan fingerprint density at radius 2 is 1.69 bits per heavy atom. The average molecular weight is 492 g/mol. The zero-order valence-electron chi connectivity index (χ0n) is 19.5. The SMILES string of the molecule is O=C(Nc1ccc(-c2csc(N3CCOCC3)n2)cc1)C1CCCN(C(=O)Nc2ccccc2)C1. The monoisotopic (exact) mass is 491 g/mol. The summed E-state index contributed by atoms with van der Waals surface area (Å²) in [6, 6.07) is 17.0. The molecule has 0 spiro atoms. The summed E-state index contributed by atoms with van der Waals surface area (Å²) in [5.74, 6) is -0.294. The number of piperidine rings is 1. The van der Waals surface area contributed by atoms with Crippen molar-refractivity contribution < 1.29 is 14.3 Å². The standard InChI is InChI=1S/C26H29N5O3S/c32-24(20-5-4-12-31(17-20)25(33)28-21-6-2-1-3-7-21)27-22-10-8-19(9-11-22)23-18-35-26(29-23)30-13-15-34-16-14-30/h1-3,6-11,18,20H,4-5,12-17H2,(H,27,32)(H,28,33). The van der Waals surface area contributed by atoms with Gasteiger partial charge in [-0.1, -0.05) is 30.3 Å². The third kappa shape index (κ3) is 5.80. The molecule has 2 aliphatic rings. The normalized spacial score (nSPS) is 18.2. The molecule has 2 aliphatic heterocycles. The number of amides is 3. The molecule has 1 aromatic heterocycles. The maximum Gasteiger partial charge on any atom is 0.321 e. The van der Waals surface area contributed by atoms with E-state index in [-0.39, 0.29) is 17.9 Å². The Hall–Kier alpha value is -3.43. The molecule has 35 heavy (non-hydrogen) atoms. The number of hydrogen-bond acceptors (Lipinski definition) is 6. The third-order valence-electron chi connectivity index (χ3n) is 6.33. The lowest BCUT2D eigenvalue weighted by Crippen LogP contribution is -2.45. The van der Waals surface area contributed by atoms with Crippen molar-refractivity contribution in [2.24, 2.45) is 5.92 Å². The maximum atomic E-state index is 12.9. The second-order valence-corrected chi connectivity index (χ2v) is 9.60. The molecule has 2 aromatic carbocycles. The topological polar surface area (TPSA) is 86.8 Å². The largest absolute Gasteiger partial charge is 0.378 e. The number of para-hydroxylation sites is 1. The summed E-state index contributed by atoms with van der Waals surface area (Å²) < 4.78 is 5.42. The van der Waals surface area contributed by atoms with Crippen molar-refractivity contribution in [3.8, 4) is 11.3 Å². The van der Waals surface area contributed by atoms with E-state index in [9.17, 15) is 9.59 Å². The van der Waals surface area contributed by atoms with Gasteiger partial charge in [0.2, 0.25) is 5.91 Å². The lowest BCUT2D eigenvalue weighted by molar-refractivity contribution is -0.121. The first kappa shape index (κ1) is 23.3. The van der Waals surface area contributed by atoms with Crippen LogP contribution in [0.2, 0.25) is 0 Å².